The molecule has 3 unspecified atom stereocenters. The van der Waals surface area contributed by atoms with E-state index in [1.165, 1.54) is 0 Å². The van der Waals surface area contributed by atoms with Gasteiger partial charge in [0.25, 0.3) is 6.16 Å². The zero-order chi connectivity index (χ0) is 7.44. The van der Waals surface area contributed by atoms with Crippen molar-refractivity contribution in [2.75, 3.05) is 6.16 Å². The molecule has 0 saturated carbocycles. The van der Waals surface area contributed by atoms with E-state index < -0.39 is 28.1 Å². The molecule has 0 fully saturated rings. The summed E-state index contributed by atoms with van der Waals surface area (Å²) >= 11 is 0. The molecule has 0 bridgehead atoms. The van der Waals surface area contributed by atoms with Gasteiger partial charge in [0.05, 0.1) is 0 Å². The lowest BCUT2D eigenvalue weighted by atomic mass is 10.9. The molecule has 0 rings (SSSR count). The lowest BCUT2D eigenvalue weighted by molar-refractivity contribution is 0.256. The van der Waals surface area contributed by atoms with E-state index in [0.29, 0.717) is 0 Å². The average molecular weight is 172 g/mol. The molecule has 0 aliphatic carbocycles. The molecule has 0 aromatic heterocycles. The fourth-order valence-electron chi connectivity index (χ4n) is 0.210. The Hall–Kier alpha value is 0.0800. The Morgan fingerprint density at radius 2 is 1.78 bits per heavy atom. The first kappa shape index (κ1) is 9.08. The van der Waals surface area contributed by atoms with Crippen LogP contribution in [0.5, 0.6) is 0 Å². The monoisotopic (exact) mass is 172 g/mol. The number of hydrogen-bond acceptors (Lipinski definition) is 3. The Bertz CT molecular complexity index is 133. The van der Waals surface area contributed by atoms with Crippen molar-refractivity contribution >= 4 is 16.1 Å². The van der Waals surface area contributed by atoms with Gasteiger partial charge in [-0.2, -0.15) is 9.79 Å². The molecular weight excluding hydrogens is 166 g/mol. The van der Waals surface area contributed by atoms with E-state index in [4.69, 9.17) is 14.9 Å². The topological polar surface area (TPSA) is 94.8 Å². The van der Waals surface area contributed by atoms with Gasteiger partial charge in [0.1, 0.15) is 0 Å². The summed E-state index contributed by atoms with van der Waals surface area (Å²) in [7, 11) is -5.25. The van der Waals surface area contributed by atoms with E-state index in [-0.39, 0.29) is 0 Å². The van der Waals surface area contributed by atoms with Crippen LogP contribution < -0.4 is 0 Å². The van der Waals surface area contributed by atoms with Crippen molar-refractivity contribution < 1.29 is 24.0 Å². The van der Waals surface area contributed by atoms with Crippen molar-refractivity contribution in [3.05, 3.63) is 0 Å². The minimum absolute atomic E-state index is 0.541. The molecule has 0 spiro atoms. The van der Waals surface area contributed by atoms with Crippen molar-refractivity contribution in [3.63, 3.8) is 0 Å². The van der Waals surface area contributed by atoms with Gasteiger partial charge >= 0.3 is 21.9 Å². The molecule has 0 radical (unpaired) electrons. The van der Waals surface area contributed by atoms with E-state index in [9.17, 15) is 9.13 Å². The highest BCUT2D eigenvalue weighted by molar-refractivity contribution is 7.43. The largest absolute Gasteiger partial charge is 0.542 e. The standard InChI is InChI=1S/C2H4O5P2/c3-2(9(6)7)1-8(4)5/h2-3H,1H2/p+2. The van der Waals surface area contributed by atoms with Gasteiger partial charge in [-0.1, -0.05) is 0 Å². The molecule has 52 valence electrons. The van der Waals surface area contributed by atoms with Gasteiger partial charge in [-0.15, -0.1) is 0 Å². The molecule has 3 atom stereocenters. The predicted octanol–water partition coefficient (Wildman–Crippen LogP) is -0.226. The summed E-state index contributed by atoms with van der Waals surface area (Å²) in [6, 6.07) is 0. The van der Waals surface area contributed by atoms with Crippen molar-refractivity contribution in [1.29, 1.82) is 0 Å². The average Bonchev–Trinajstić information content (AvgIpc) is 1.63. The van der Waals surface area contributed by atoms with Crippen LogP contribution in [0.4, 0.5) is 0 Å². The quantitative estimate of drug-likeness (QED) is 0.511. The Labute approximate surface area is 53.1 Å². The summed E-state index contributed by atoms with van der Waals surface area (Å²) in [5.41, 5.74) is 0. The Morgan fingerprint density at radius 3 is 1.89 bits per heavy atom. The number of aliphatic hydroxyl groups is 1. The van der Waals surface area contributed by atoms with Crippen LogP contribution in [-0.4, -0.2) is 26.9 Å². The Morgan fingerprint density at radius 1 is 1.33 bits per heavy atom. The van der Waals surface area contributed by atoms with Crippen LogP contribution in [0.3, 0.4) is 0 Å². The molecule has 3 N–H and O–H groups in total. The van der Waals surface area contributed by atoms with Crippen molar-refractivity contribution in [3.8, 4) is 0 Å². The number of hydrogen-bond donors (Lipinski definition) is 3. The summed E-state index contributed by atoms with van der Waals surface area (Å²) in [5.74, 6) is -1.58. The molecule has 0 heterocycles. The van der Waals surface area contributed by atoms with Crippen molar-refractivity contribution in [2.24, 2.45) is 0 Å². The summed E-state index contributed by atoms with van der Waals surface area (Å²) in [6.07, 6.45) is -0.541. The van der Waals surface area contributed by atoms with Crippen LogP contribution in [0.2, 0.25) is 0 Å². The summed E-state index contributed by atoms with van der Waals surface area (Å²) in [5, 5.41) is 8.42. The second-order valence-corrected chi connectivity index (χ2v) is 3.59. The highest BCUT2D eigenvalue weighted by atomic mass is 31.1. The van der Waals surface area contributed by atoms with Crippen LogP contribution >= 0.6 is 16.1 Å². The second-order valence-electron chi connectivity index (χ2n) is 1.32. The number of rotatable bonds is 3. The lowest BCUT2D eigenvalue weighted by Gasteiger charge is -1.80. The van der Waals surface area contributed by atoms with Gasteiger partial charge in [0.2, 0.25) is 0 Å². The Balaban J connectivity index is 3.63. The summed E-state index contributed by atoms with van der Waals surface area (Å²) in [4.78, 5) is 16.2. The fraction of sp³-hybridized carbons (Fsp3) is 1.00. The third-order valence-corrected chi connectivity index (χ3v) is 2.21. The molecule has 5 nitrogen and oxygen atoms in total. The first-order chi connectivity index (χ1) is 4.04. The van der Waals surface area contributed by atoms with E-state index in [2.05, 4.69) is 0 Å². The van der Waals surface area contributed by atoms with Crippen LogP contribution in [-0.2, 0) is 9.13 Å². The van der Waals surface area contributed by atoms with Gasteiger partial charge < -0.3 is 5.11 Å². The normalized spacial score (nSPS) is 16.8. The molecule has 0 aromatic rings. The summed E-state index contributed by atoms with van der Waals surface area (Å²) in [6.45, 7) is 0. The maximum absolute atomic E-state index is 9.89. The minimum Gasteiger partial charge on any atom is -0.345 e. The highest BCUT2D eigenvalue weighted by Crippen LogP contribution is 2.27. The van der Waals surface area contributed by atoms with Gasteiger partial charge in [-0.3, -0.25) is 0 Å². The fourth-order valence-corrected chi connectivity index (χ4v) is 1.47. The molecule has 0 aliphatic heterocycles. The van der Waals surface area contributed by atoms with Gasteiger partial charge in [0.15, 0.2) is 0 Å². The maximum atomic E-state index is 9.89. The molecule has 9 heavy (non-hydrogen) atoms. The molecule has 0 aromatic carbocycles. The molecule has 0 saturated heterocycles. The second kappa shape index (κ2) is 3.99. The molecular formula is C2H6O5P2+2. The van der Waals surface area contributed by atoms with Crippen LogP contribution in [0, 0.1) is 0 Å². The van der Waals surface area contributed by atoms with E-state index in [0.717, 1.165) is 0 Å². The van der Waals surface area contributed by atoms with Crippen LogP contribution in [0.25, 0.3) is 0 Å². The van der Waals surface area contributed by atoms with Crippen molar-refractivity contribution in [2.45, 2.75) is 5.85 Å². The van der Waals surface area contributed by atoms with Gasteiger partial charge in [-0.25, -0.2) is 0 Å². The number of aliphatic hydroxyl groups excluding tert-OH is 1. The minimum atomic E-state index is -2.73. The third kappa shape index (κ3) is 4.58. The molecule has 7 heteroatoms. The maximum Gasteiger partial charge on any atom is 0.542 e. The SMILES string of the molecule is O=[P+](O)CC(O)[P+](=O)O. The lowest BCUT2D eigenvalue weighted by Crippen LogP contribution is -2.02. The smallest absolute Gasteiger partial charge is 0.345 e. The van der Waals surface area contributed by atoms with Gasteiger partial charge in [-0.05, 0) is 9.13 Å². The Kier molecular flexibility index (Phi) is 4.02. The first-order valence-corrected chi connectivity index (χ1v) is 4.69. The molecule has 0 aliphatic rings. The van der Waals surface area contributed by atoms with E-state index >= 15 is 0 Å². The molecule has 0 amide bonds. The van der Waals surface area contributed by atoms with Crippen molar-refractivity contribution in [1.82, 2.24) is 0 Å². The first-order valence-electron chi connectivity index (χ1n) is 2.01. The van der Waals surface area contributed by atoms with Crippen LogP contribution in [0.15, 0.2) is 0 Å². The van der Waals surface area contributed by atoms with Gasteiger partial charge in [0, 0.05) is 0 Å². The highest BCUT2D eigenvalue weighted by Gasteiger charge is 2.34. The summed E-state index contributed by atoms with van der Waals surface area (Å²) < 4.78 is 19.8. The zero-order valence-electron chi connectivity index (χ0n) is 4.34. The predicted molar refractivity (Wildman–Crippen MR) is 30.5 cm³/mol. The van der Waals surface area contributed by atoms with E-state index in [1.54, 1.807) is 0 Å². The third-order valence-electron chi connectivity index (χ3n) is 0.574. The zero-order valence-corrected chi connectivity index (χ0v) is 6.13. The van der Waals surface area contributed by atoms with E-state index in [1.807, 2.05) is 0 Å². The van der Waals surface area contributed by atoms with Crippen LogP contribution in [0.1, 0.15) is 0 Å².